The predicted molar refractivity (Wildman–Crippen MR) is 182 cm³/mol. The number of ether oxygens (including phenoxy) is 1. The molecule has 252 valence electrons. The van der Waals surface area contributed by atoms with Gasteiger partial charge in [0.25, 0.3) is 0 Å². The summed E-state index contributed by atoms with van der Waals surface area (Å²) in [6.07, 6.45) is 1.89. The Morgan fingerprint density at radius 1 is 0.837 bits per heavy atom. The van der Waals surface area contributed by atoms with Crippen LogP contribution in [0.4, 0.5) is 4.39 Å². The number of nitrogens with zero attached hydrogens (tertiary/aromatic N) is 1. The van der Waals surface area contributed by atoms with Gasteiger partial charge in [0.2, 0.25) is 23.6 Å². The molecule has 3 aliphatic rings. The van der Waals surface area contributed by atoms with E-state index in [4.69, 9.17) is 4.74 Å². The average molecular weight is 663 g/mol. The highest BCUT2D eigenvalue weighted by Gasteiger charge is 2.34. The molecule has 3 N–H and O–H groups in total. The highest BCUT2D eigenvalue weighted by Crippen LogP contribution is 2.32. The molecule has 4 aromatic carbocycles. The molecule has 0 aromatic heterocycles. The fraction of sp³-hybridized carbons (Fsp3) is 0.282. The molecule has 2 unspecified atom stereocenters. The van der Waals surface area contributed by atoms with Crippen molar-refractivity contribution in [3.05, 3.63) is 131 Å². The molecule has 10 heteroatoms. The molecule has 49 heavy (non-hydrogen) atoms. The van der Waals surface area contributed by atoms with Gasteiger partial charge in [-0.2, -0.15) is 0 Å². The van der Waals surface area contributed by atoms with Crippen molar-refractivity contribution in [3.8, 4) is 11.5 Å². The smallest absolute Gasteiger partial charge is 0.243 e. The number of fused-ring (bicyclic) bond motifs is 10. The zero-order valence-corrected chi connectivity index (χ0v) is 27.1. The maximum absolute atomic E-state index is 14.3. The largest absolute Gasteiger partial charge is 0.457 e. The van der Waals surface area contributed by atoms with Crippen LogP contribution in [0, 0.1) is 5.82 Å². The Morgan fingerprint density at radius 3 is 2.41 bits per heavy atom. The molecule has 1 saturated heterocycles. The Morgan fingerprint density at radius 2 is 1.61 bits per heavy atom. The minimum absolute atomic E-state index is 0.0681. The van der Waals surface area contributed by atoms with Gasteiger partial charge in [0.1, 0.15) is 29.4 Å². The Bertz CT molecular complexity index is 1800. The zero-order chi connectivity index (χ0) is 34.2. The van der Waals surface area contributed by atoms with E-state index in [1.807, 2.05) is 54.6 Å². The number of halogens is 1. The fourth-order valence-electron chi connectivity index (χ4n) is 6.37. The molecule has 0 aliphatic carbocycles. The van der Waals surface area contributed by atoms with E-state index in [0.717, 1.165) is 29.5 Å². The van der Waals surface area contributed by atoms with Crippen LogP contribution in [-0.4, -0.2) is 47.2 Å². The molecule has 0 spiro atoms. The van der Waals surface area contributed by atoms with Crippen LogP contribution in [0.25, 0.3) is 0 Å². The Labute approximate surface area is 284 Å². The first-order valence-electron chi connectivity index (χ1n) is 16.6. The van der Waals surface area contributed by atoms with E-state index in [1.54, 1.807) is 47.4 Å². The first kappa shape index (κ1) is 33.4. The lowest BCUT2D eigenvalue weighted by Gasteiger charge is -2.28. The number of carbonyl (C=O) groups is 4. The van der Waals surface area contributed by atoms with Crippen molar-refractivity contribution in [1.29, 1.82) is 0 Å². The van der Waals surface area contributed by atoms with Gasteiger partial charge in [-0.3, -0.25) is 19.2 Å². The maximum Gasteiger partial charge on any atom is 0.243 e. The van der Waals surface area contributed by atoms with Crippen molar-refractivity contribution < 1.29 is 28.3 Å². The Kier molecular flexibility index (Phi) is 10.6. The van der Waals surface area contributed by atoms with Gasteiger partial charge in [-0.05, 0) is 66.3 Å². The molecule has 4 bridgehead atoms. The summed E-state index contributed by atoms with van der Waals surface area (Å²) in [5.41, 5.74) is 2.92. The molecule has 0 saturated carbocycles. The molecule has 1 fully saturated rings. The number of nitrogens with one attached hydrogen (secondary N) is 3. The number of carbonyl (C=O) groups excluding carboxylic acids is 4. The van der Waals surface area contributed by atoms with Crippen molar-refractivity contribution in [2.45, 2.75) is 63.2 Å². The first-order valence-corrected chi connectivity index (χ1v) is 16.6. The van der Waals surface area contributed by atoms with E-state index >= 15 is 0 Å². The van der Waals surface area contributed by atoms with Gasteiger partial charge in [-0.15, -0.1) is 0 Å². The highest BCUT2D eigenvalue weighted by atomic mass is 19.1. The predicted octanol–water partition coefficient (Wildman–Crippen LogP) is 5.15. The number of rotatable bonds is 6. The van der Waals surface area contributed by atoms with Crippen molar-refractivity contribution >= 4 is 23.6 Å². The quantitative estimate of drug-likeness (QED) is 0.264. The van der Waals surface area contributed by atoms with Crippen molar-refractivity contribution in [2.75, 3.05) is 6.54 Å². The molecule has 3 aliphatic heterocycles. The van der Waals surface area contributed by atoms with Crippen molar-refractivity contribution in [3.63, 3.8) is 0 Å². The minimum Gasteiger partial charge on any atom is -0.457 e. The summed E-state index contributed by atoms with van der Waals surface area (Å²) >= 11 is 0. The number of amides is 4. The van der Waals surface area contributed by atoms with Crippen LogP contribution >= 0.6 is 0 Å². The molecular weight excluding hydrogens is 623 g/mol. The van der Waals surface area contributed by atoms with Crippen molar-refractivity contribution in [2.24, 2.45) is 0 Å². The van der Waals surface area contributed by atoms with Gasteiger partial charge >= 0.3 is 0 Å². The summed E-state index contributed by atoms with van der Waals surface area (Å²) in [6.45, 7) is 0.452. The van der Waals surface area contributed by atoms with E-state index in [0.29, 0.717) is 30.0 Å². The molecular formula is C39H39FN4O5. The second-order valence-corrected chi connectivity index (χ2v) is 12.4. The van der Waals surface area contributed by atoms with E-state index in [-0.39, 0.29) is 37.8 Å². The van der Waals surface area contributed by atoms with Crippen LogP contribution in [0.15, 0.2) is 103 Å². The number of benzene rings is 4. The van der Waals surface area contributed by atoms with Crippen LogP contribution in [0.1, 0.15) is 54.0 Å². The van der Waals surface area contributed by atoms with E-state index in [2.05, 4.69) is 16.0 Å². The topological polar surface area (TPSA) is 117 Å². The molecule has 0 radical (unpaired) electrons. The summed E-state index contributed by atoms with van der Waals surface area (Å²) in [6, 6.07) is 28.0. The monoisotopic (exact) mass is 662 g/mol. The van der Waals surface area contributed by atoms with Crippen LogP contribution < -0.4 is 20.7 Å². The molecule has 4 amide bonds. The number of hydrogen-bond donors (Lipinski definition) is 3. The van der Waals surface area contributed by atoms with Crippen LogP contribution in [-0.2, 0) is 38.6 Å². The lowest BCUT2D eigenvalue weighted by Crippen LogP contribution is -2.55. The Balaban J connectivity index is 1.27. The normalized spacial score (nSPS) is 19.7. The summed E-state index contributed by atoms with van der Waals surface area (Å²) in [7, 11) is 0. The van der Waals surface area contributed by atoms with Gasteiger partial charge in [-0.25, -0.2) is 4.39 Å². The molecule has 3 heterocycles. The maximum atomic E-state index is 14.3. The lowest BCUT2D eigenvalue weighted by molar-refractivity contribution is -0.137. The number of likely N-dealkylation sites (tertiary alicyclic amines) is 1. The van der Waals surface area contributed by atoms with Crippen LogP contribution in [0.2, 0.25) is 0 Å². The van der Waals surface area contributed by atoms with Crippen LogP contribution in [0.5, 0.6) is 11.5 Å². The van der Waals surface area contributed by atoms with E-state index in [9.17, 15) is 23.6 Å². The molecule has 3 atom stereocenters. The average Bonchev–Trinajstić information content (AvgIpc) is 3.61. The van der Waals surface area contributed by atoms with Gasteiger partial charge in [0.15, 0.2) is 0 Å². The third-order valence-electron chi connectivity index (χ3n) is 8.97. The number of aryl methyl sites for hydroxylation is 1. The van der Waals surface area contributed by atoms with Gasteiger partial charge in [0, 0.05) is 31.5 Å². The summed E-state index contributed by atoms with van der Waals surface area (Å²) in [5, 5.41) is 8.33. The summed E-state index contributed by atoms with van der Waals surface area (Å²) < 4.78 is 20.4. The molecule has 9 nitrogen and oxygen atoms in total. The second-order valence-electron chi connectivity index (χ2n) is 12.4. The van der Waals surface area contributed by atoms with E-state index < -0.39 is 35.6 Å². The molecule has 7 rings (SSSR count). The second kappa shape index (κ2) is 15.6. The third-order valence-corrected chi connectivity index (χ3v) is 8.97. The Hall–Kier alpha value is -5.51. The molecule has 4 aromatic rings. The third kappa shape index (κ3) is 8.70. The lowest BCUT2D eigenvalue weighted by atomic mass is 10.0. The van der Waals surface area contributed by atoms with Gasteiger partial charge in [0.05, 0.1) is 12.5 Å². The zero-order valence-electron chi connectivity index (χ0n) is 27.1. The minimum atomic E-state index is -1.23. The van der Waals surface area contributed by atoms with E-state index in [1.165, 1.54) is 6.07 Å². The SMILES string of the molecule is O=C1CCc2cccc(c2)Oc2ccc(cc2)CC(C(=O)NCc2ccccc2F)NC(=O)C(CC(=O)N2CCC[C@@H]2c2ccccc2)N1. The van der Waals surface area contributed by atoms with Gasteiger partial charge in [-0.1, -0.05) is 72.8 Å². The van der Waals surface area contributed by atoms with Crippen molar-refractivity contribution in [1.82, 2.24) is 20.9 Å². The first-order chi connectivity index (χ1) is 23.8. The summed E-state index contributed by atoms with van der Waals surface area (Å²) in [5.74, 6) is -1.13. The highest BCUT2D eigenvalue weighted by molar-refractivity contribution is 5.95. The fourth-order valence-corrected chi connectivity index (χ4v) is 6.37. The summed E-state index contributed by atoms with van der Waals surface area (Å²) in [4.78, 5) is 56.5. The number of hydrogen-bond acceptors (Lipinski definition) is 5. The standard InChI is InChI=1S/C39H39FN4O5/c40-32-13-5-4-11-29(32)25-41-38(47)33-23-27-15-18-30(19-16-27)49-31-12-6-8-26(22-31)17-20-36(45)42-34(39(48)43-33)24-37(46)44-21-7-14-35(44)28-9-2-1-3-10-28/h1-6,8-13,15-16,18-19,22,33-35H,7,14,17,20-21,23-25H2,(H,41,47)(H,42,45)(H,43,48)/t33?,34?,35-/m1/s1. The van der Waals surface area contributed by atoms with Gasteiger partial charge < -0.3 is 25.6 Å². The van der Waals surface area contributed by atoms with Crippen LogP contribution in [0.3, 0.4) is 0 Å².